The van der Waals surface area contributed by atoms with Crippen LogP contribution in [0.5, 0.6) is 0 Å². The Morgan fingerprint density at radius 2 is 1.79 bits per heavy atom. The number of nitrogens with one attached hydrogen (secondary N) is 1. The zero-order valence-corrected chi connectivity index (χ0v) is 19.9. The maximum atomic E-state index is 14.9. The van der Waals surface area contributed by atoms with Crippen LogP contribution in [0.4, 0.5) is 20.5 Å². The Morgan fingerprint density at radius 1 is 1.09 bits per heavy atom. The van der Waals surface area contributed by atoms with Crippen LogP contribution in [0.25, 0.3) is 10.9 Å². The monoisotopic (exact) mass is 493 g/mol. The molecule has 9 nitrogen and oxygen atoms in total. The number of nitrogens with two attached hydrogens (primary N) is 1. The number of rotatable bonds is 4. The fourth-order valence-corrected chi connectivity index (χ4v) is 7.54. The topological polar surface area (TPSA) is 117 Å². The number of hydrogen-bond acceptors (Lipinski definition) is 8. The van der Waals surface area contributed by atoms with Gasteiger partial charge in [0.1, 0.15) is 5.52 Å². The van der Waals surface area contributed by atoms with Crippen molar-refractivity contribution in [2.75, 3.05) is 49.9 Å². The van der Waals surface area contributed by atoms with Gasteiger partial charge in [0.2, 0.25) is 16.0 Å². The van der Waals surface area contributed by atoms with Crippen LogP contribution in [0.15, 0.2) is 6.07 Å². The third-order valence-corrected chi connectivity index (χ3v) is 10.3. The first-order valence-electron chi connectivity index (χ1n) is 11.9. The largest absolute Gasteiger partial charge is 0.368 e. The van der Waals surface area contributed by atoms with Crippen molar-refractivity contribution in [3.63, 3.8) is 0 Å². The molecule has 184 valence electrons. The molecule has 12 heteroatoms. The highest BCUT2D eigenvalue weighted by atomic mass is 32.2. The lowest BCUT2D eigenvalue weighted by molar-refractivity contribution is -0.107. The van der Waals surface area contributed by atoms with Gasteiger partial charge in [-0.05, 0) is 38.7 Å². The van der Waals surface area contributed by atoms with E-state index in [0.717, 1.165) is 23.9 Å². The summed E-state index contributed by atoms with van der Waals surface area (Å²) in [6.07, 6.45) is 2.75. The van der Waals surface area contributed by atoms with E-state index < -0.39 is 27.9 Å². The van der Waals surface area contributed by atoms with E-state index in [2.05, 4.69) is 20.3 Å². The summed E-state index contributed by atoms with van der Waals surface area (Å²) in [5, 5.41) is 3.53. The molecule has 34 heavy (non-hydrogen) atoms. The molecule has 2 aromatic heterocycles. The summed E-state index contributed by atoms with van der Waals surface area (Å²) in [7, 11) is -3.21. The zero-order valence-electron chi connectivity index (χ0n) is 19.1. The van der Waals surface area contributed by atoms with Crippen molar-refractivity contribution >= 4 is 32.7 Å². The van der Waals surface area contributed by atoms with Gasteiger partial charge >= 0.3 is 0 Å². The van der Waals surface area contributed by atoms with E-state index in [1.807, 2.05) is 13.0 Å². The fourth-order valence-electron chi connectivity index (χ4n) is 5.66. The second-order valence-electron chi connectivity index (χ2n) is 10.3. The zero-order chi connectivity index (χ0) is 23.9. The predicted octanol–water partition coefficient (Wildman–Crippen LogP) is 1.63. The van der Waals surface area contributed by atoms with Gasteiger partial charge in [-0.15, -0.1) is 0 Å². The number of fused-ring (bicyclic) bond motifs is 1. The predicted molar refractivity (Wildman–Crippen MR) is 124 cm³/mol. The van der Waals surface area contributed by atoms with Crippen LogP contribution in [-0.2, 0) is 10.0 Å². The highest BCUT2D eigenvalue weighted by molar-refractivity contribution is 7.90. The number of hydrogen-bond donors (Lipinski definition) is 2. The molecule has 3 saturated heterocycles. The van der Waals surface area contributed by atoms with Gasteiger partial charge in [-0.2, -0.15) is 0 Å². The number of nitrogen functional groups attached to an aromatic ring is 1. The summed E-state index contributed by atoms with van der Waals surface area (Å²) in [6.45, 7) is 3.09. The van der Waals surface area contributed by atoms with Gasteiger partial charge in [0, 0.05) is 49.7 Å². The average molecular weight is 494 g/mol. The number of sulfonamides is 1. The molecule has 5 heterocycles. The number of piperidine rings is 1. The molecule has 1 spiro atoms. The van der Waals surface area contributed by atoms with E-state index in [9.17, 15) is 17.2 Å². The molecule has 2 aromatic rings. The Bertz CT molecular complexity index is 1260. The highest BCUT2D eigenvalue weighted by Crippen LogP contribution is 2.48. The quantitative estimate of drug-likeness (QED) is 0.660. The van der Waals surface area contributed by atoms with Crippen molar-refractivity contribution in [2.24, 2.45) is 5.41 Å². The molecule has 3 aliphatic heterocycles. The number of halogens is 2. The molecule has 0 bridgehead atoms. The molecular formula is C22H29F2N7O2S. The Hall–Kier alpha value is -2.18. The van der Waals surface area contributed by atoms with Gasteiger partial charge in [-0.3, -0.25) is 0 Å². The molecule has 4 aliphatic rings. The second-order valence-corrected chi connectivity index (χ2v) is 12.5. The van der Waals surface area contributed by atoms with Crippen molar-refractivity contribution < 1.29 is 17.2 Å². The first-order chi connectivity index (χ1) is 16.1. The molecule has 0 atom stereocenters. The van der Waals surface area contributed by atoms with Crippen LogP contribution in [0.2, 0.25) is 0 Å². The van der Waals surface area contributed by atoms with Crippen molar-refractivity contribution in [3.8, 4) is 0 Å². The maximum Gasteiger partial charge on any atom is 0.274 e. The average Bonchev–Trinajstić information content (AvgIpc) is 3.57. The molecular weight excluding hydrogens is 464 g/mol. The maximum absolute atomic E-state index is 14.9. The lowest BCUT2D eigenvalue weighted by Crippen LogP contribution is -2.62. The molecule has 1 saturated carbocycles. The minimum Gasteiger partial charge on any atom is -0.368 e. The molecule has 3 N–H and O–H groups in total. The van der Waals surface area contributed by atoms with Gasteiger partial charge < -0.3 is 16.0 Å². The fraction of sp³-hybridized carbons (Fsp3) is 0.682. The molecule has 0 radical (unpaired) electrons. The van der Waals surface area contributed by atoms with Gasteiger partial charge in [0.15, 0.2) is 5.82 Å². The summed E-state index contributed by atoms with van der Waals surface area (Å²) in [5.74, 6) is -2.32. The van der Waals surface area contributed by atoms with Gasteiger partial charge in [0.25, 0.3) is 5.92 Å². The summed E-state index contributed by atoms with van der Waals surface area (Å²) >= 11 is 0. The lowest BCUT2D eigenvalue weighted by Gasteiger charge is -2.42. The number of pyridine rings is 1. The Labute approximate surface area is 197 Å². The van der Waals surface area contributed by atoms with Crippen LogP contribution in [0, 0.1) is 12.3 Å². The van der Waals surface area contributed by atoms with E-state index in [0.29, 0.717) is 43.0 Å². The number of alkyl halides is 2. The van der Waals surface area contributed by atoms with E-state index in [-0.39, 0.29) is 36.8 Å². The van der Waals surface area contributed by atoms with Crippen LogP contribution in [-0.4, -0.2) is 78.1 Å². The first-order valence-corrected chi connectivity index (χ1v) is 13.4. The normalized spacial score (nSPS) is 25.2. The van der Waals surface area contributed by atoms with E-state index in [1.165, 1.54) is 0 Å². The van der Waals surface area contributed by atoms with E-state index >= 15 is 0 Å². The Morgan fingerprint density at radius 3 is 2.38 bits per heavy atom. The number of nitrogens with zero attached hydrogens (tertiary/aromatic N) is 5. The van der Waals surface area contributed by atoms with Crippen molar-refractivity contribution in [3.05, 3.63) is 17.5 Å². The number of aryl methyl sites for hydroxylation is 1. The molecule has 6 rings (SSSR count). The van der Waals surface area contributed by atoms with Gasteiger partial charge in [0.05, 0.1) is 22.9 Å². The lowest BCUT2D eigenvalue weighted by atomic mass is 9.78. The molecule has 1 aliphatic carbocycles. The Balaban J connectivity index is 1.34. The number of anilines is 2. The smallest absolute Gasteiger partial charge is 0.274 e. The van der Waals surface area contributed by atoms with Gasteiger partial charge in [-0.1, -0.05) is 0 Å². The van der Waals surface area contributed by atoms with E-state index in [4.69, 9.17) is 5.73 Å². The van der Waals surface area contributed by atoms with E-state index in [1.54, 1.807) is 9.21 Å². The van der Waals surface area contributed by atoms with Crippen molar-refractivity contribution in [2.45, 2.75) is 49.7 Å². The molecule has 0 aromatic carbocycles. The third-order valence-electron chi connectivity index (χ3n) is 7.87. The first kappa shape index (κ1) is 22.3. The highest BCUT2D eigenvalue weighted by Gasteiger charge is 2.63. The summed E-state index contributed by atoms with van der Waals surface area (Å²) in [5.41, 5.74) is 6.95. The second kappa shape index (κ2) is 7.41. The Kier molecular flexibility index (Phi) is 4.86. The summed E-state index contributed by atoms with van der Waals surface area (Å²) in [4.78, 5) is 15.2. The van der Waals surface area contributed by atoms with Crippen molar-refractivity contribution in [1.82, 2.24) is 24.6 Å². The molecule has 0 unspecified atom stereocenters. The summed E-state index contributed by atoms with van der Waals surface area (Å²) in [6, 6.07) is 1.88. The van der Waals surface area contributed by atoms with Crippen LogP contribution < -0.4 is 16.0 Å². The molecule has 0 amide bonds. The van der Waals surface area contributed by atoms with Crippen LogP contribution in [0.3, 0.4) is 0 Å². The summed E-state index contributed by atoms with van der Waals surface area (Å²) < 4.78 is 56.7. The SMILES string of the molecule is Cc1cc2c(C3CCN(S(=O)(=O)C4CC4)CC3)nc(N)nc2c(N2CC(F)(F)C3(CNC3)C2)n1. The molecule has 4 fully saturated rings. The van der Waals surface area contributed by atoms with Gasteiger partial charge in [-0.25, -0.2) is 36.5 Å². The minimum absolute atomic E-state index is 0.00953. The standard InChI is InChI=1S/C22H29F2N7O2S/c1-13-8-16-17(14-4-6-31(7-5-14)34(32,33)15-2-3-15)28-20(25)29-18(16)19(27-13)30-11-21(9-26-10-21)22(23,24)12-30/h8,14-15,26H,2-7,9-12H2,1H3,(H2,25,28,29). The van der Waals surface area contributed by atoms with Crippen LogP contribution in [0.1, 0.15) is 43.0 Å². The third kappa shape index (κ3) is 3.36. The number of aromatic nitrogens is 3. The van der Waals surface area contributed by atoms with Crippen LogP contribution >= 0.6 is 0 Å². The van der Waals surface area contributed by atoms with Crippen molar-refractivity contribution in [1.29, 1.82) is 0 Å². The minimum atomic E-state index is -3.21.